The van der Waals surface area contributed by atoms with Crippen molar-refractivity contribution in [3.05, 3.63) is 82.2 Å². The van der Waals surface area contributed by atoms with E-state index in [0.717, 1.165) is 23.4 Å². The molecule has 9 rings (SSSR count). The fourth-order valence-electron chi connectivity index (χ4n) is 9.65. The second-order valence-electron chi connectivity index (χ2n) is 17.7. The number of aryl methyl sites for hydroxylation is 2. The number of alkyl halides is 2. The molecule has 7 heterocycles. The first-order valence-electron chi connectivity index (χ1n) is 22.1. The number of piperazine rings is 1. The lowest BCUT2D eigenvalue weighted by atomic mass is 9.89. The number of nitrogens with one attached hydrogen (secondary N) is 2. The molecule has 0 spiro atoms. The average molecular weight is 899 g/mol. The quantitative estimate of drug-likeness (QED) is 0.175. The number of aliphatic imine (C=N–C) groups is 1. The number of carbonyl (C=O) groups is 4. The number of pyridine rings is 1. The highest BCUT2D eigenvalue weighted by Gasteiger charge is 2.37. The molecule has 2 bridgehead atoms. The molecule has 2 aromatic heterocycles. The maximum atomic E-state index is 15.3. The molecular weight excluding hydrogens is 849 g/mol. The number of fused-ring (bicyclic) bond motifs is 7. The van der Waals surface area contributed by atoms with Gasteiger partial charge in [-0.1, -0.05) is 13.0 Å². The van der Waals surface area contributed by atoms with Crippen molar-refractivity contribution in [2.24, 2.45) is 23.9 Å². The van der Waals surface area contributed by atoms with Crippen molar-refractivity contribution in [3.63, 3.8) is 0 Å². The molecule has 5 aliphatic rings. The van der Waals surface area contributed by atoms with Gasteiger partial charge in [0.15, 0.2) is 0 Å². The van der Waals surface area contributed by atoms with Gasteiger partial charge in [-0.15, -0.1) is 0 Å². The van der Waals surface area contributed by atoms with E-state index in [2.05, 4.69) is 43.6 Å². The zero-order valence-corrected chi connectivity index (χ0v) is 36.4. The molecule has 5 aliphatic heterocycles. The van der Waals surface area contributed by atoms with Crippen molar-refractivity contribution in [2.75, 3.05) is 67.5 Å². The number of hydrogen-bond acceptors (Lipinski definition) is 11. The van der Waals surface area contributed by atoms with Gasteiger partial charge in [-0.3, -0.25) is 34.4 Å². The minimum Gasteiger partial charge on any atom is -0.477 e. The monoisotopic (exact) mass is 898 g/mol. The van der Waals surface area contributed by atoms with Crippen LogP contribution in [0.25, 0.3) is 11.3 Å². The van der Waals surface area contributed by atoms with Gasteiger partial charge in [-0.2, -0.15) is 10.1 Å². The number of aromatic nitrogens is 3. The van der Waals surface area contributed by atoms with E-state index in [4.69, 9.17) is 4.74 Å². The van der Waals surface area contributed by atoms with Crippen LogP contribution in [0.3, 0.4) is 0 Å². The van der Waals surface area contributed by atoms with Gasteiger partial charge in [0.25, 0.3) is 12.3 Å². The third kappa shape index (κ3) is 8.89. The van der Waals surface area contributed by atoms with Crippen molar-refractivity contribution in [2.45, 2.75) is 64.8 Å². The van der Waals surface area contributed by atoms with Gasteiger partial charge < -0.3 is 24.8 Å². The number of hydrogen-bond donors (Lipinski definition) is 2. The summed E-state index contributed by atoms with van der Waals surface area (Å²) in [6.07, 6.45) is -0.931. The van der Waals surface area contributed by atoms with E-state index in [1.807, 2.05) is 21.9 Å². The topological polar surface area (TPSA) is 158 Å². The normalized spacial score (nSPS) is 22.6. The highest BCUT2D eigenvalue weighted by atomic mass is 19.3. The molecule has 3 saturated heterocycles. The van der Waals surface area contributed by atoms with Gasteiger partial charge >= 0.3 is 0 Å². The van der Waals surface area contributed by atoms with Crippen molar-refractivity contribution < 1.29 is 41.5 Å². The summed E-state index contributed by atoms with van der Waals surface area (Å²) in [6.45, 7) is 8.33. The van der Waals surface area contributed by atoms with Crippen LogP contribution in [0, 0.1) is 30.4 Å². The second-order valence-corrected chi connectivity index (χ2v) is 17.7. The number of guanidine groups is 1. The lowest BCUT2D eigenvalue weighted by Gasteiger charge is -2.36. The summed E-state index contributed by atoms with van der Waals surface area (Å²) in [5, 5.41) is 9.53. The Morgan fingerprint density at radius 3 is 2.45 bits per heavy atom. The number of carbonyl (C=O) groups excluding carboxylic acids is 4. The lowest BCUT2D eigenvalue weighted by Crippen LogP contribution is -2.50. The van der Waals surface area contributed by atoms with E-state index < -0.39 is 47.4 Å². The average Bonchev–Trinajstić information content (AvgIpc) is 3.98. The Hall–Kier alpha value is -6.37. The Bertz CT molecular complexity index is 2570. The molecule has 0 radical (unpaired) electrons. The number of piperidine rings is 1. The third-order valence-corrected chi connectivity index (χ3v) is 13.0. The van der Waals surface area contributed by atoms with Crippen molar-refractivity contribution in [1.29, 1.82) is 0 Å². The summed E-state index contributed by atoms with van der Waals surface area (Å²) in [5.74, 6) is -4.19. The number of benzene rings is 2. The predicted molar refractivity (Wildman–Crippen MR) is 233 cm³/mol. The summed E-state index contributed by atoms with van der Waals surface area (Å²) in [5.41, 5.74) is 3.03. The predicted octanol–water partition coefficient (Wildman–Crippen LogP) is 5.93. The van der Waals surface area contributed by atoms with E-state index in [9.17, 15) is 28.0 Å². The van der Waals surface area contributed by atoms with Gasteiger partial charge in [0.1, 0.15) is 17.3 Å². The maximum Gasteiger partial charge on any atom is 0.282 e. The number of halogens is 4. The molecule has 342 valence electrons. The molecule has 15 nitrogen and oxygen atoms in total. The van der Waals surface area contributed by atoms with Crippen LogP contribution in [0.15, 0.2) is 47.5 Å². The van der Waals surface area contributed by atoms with Gasteiger partial charge in [-0.05, 0) is 80.5 Å². The Balaban J connectivity index is 0.853. The standard InChI is InChI=1S/C46H50F4N10O5/c1-25-5-4-16-65-45-39(40(41(49)50)55-56(45)3)35-19-29(17-26(2)51-35)42(62)54-46-52-34-8-6-27(18-36(34)60(46)22-25)23-57-12-14-58(15-13-57)44(64)28-10-11-59(24-28)30-20-32(47)38(33(48)21-30)31-7-9-37(61)53-43(31)63/h6,8,17-21,25,28,31,41H,4-5,7,9-16,22-24H2,1-3H3,(H,52,54,62)(H,53,61,63)/t25-,28-,31-/m1/s1. The molecule has 0 saturated carbocycles. The molecule has 4 aromatic rings. The smallest absolute Gasteiger partial charge is 0.282 e. The minimum atomic E-state index is -2.89. The van der Waals surface area contributed by atoms with Crippen LogP contribution in [-0.2, 0) is 28.0 Å². The van der Waals surface area contributed by atoms with Crippen LogP contribution in [-0.4, -0.2) is 107 Å². The van der Waals surface area contributed by atoms with Gasteiger partial charge in [-0.25, -0.2) is 22.2 Å². The molecule has 4 amide bonds. The molecule has 3 fully saturated rings. The van der Waals surface area contributed by atoms with Crippen LogP contribution in [0.2, 0.25) is 0 Å². The van der Waals surface area contributed by atoms with E-state index in [0.29, 0.717) is 82.5 Å². The molecule has 65 heavy (non-hydrogen) atoms. The van der Waals surface area contributed by atoms with Crippen LogP contribution in [0.4, 0.5) is 34.6 Å². The van der Waals surface area contributed by atoms with Crippen molar-refractivity contribution >= 4 is 46.7 Å². The highest BCUT2D eigenvalue weighted by Crippen LogP contribution is 2.40. The Kier molecular flexibility index (Phi) is 12.1. The number of nitrogens with zero attached hydrogens (tertiary/aromatic N) is 8. The third-order valence-electron chi connectivity index (χ3n) is 13.0. The Labute approximate surface area is 372 Å². The molecule has 3 atom stereocenters. The Morgan fingerprint density at radius 2 is 1.71 bits per heavy atom. The van der Waals surface area contributed by atoms with Crippen molar-refractivity contribution in [3.8, 4) is 17.1 Å². The van der Waals surface area contributed by atoms with Gasteiger partial charge in [0.2, 0.25) is 29.6 Å². The first-order valence-corrected chi connectivity index (χ1v) is 22.1. The van der Waals surface area contributed by atoms with Gasteiger partial charge in [0.05, 0.1) is 41.1 Å². The van der Waals surface area contributed by atoms with Crippen LogP contribution in [0.5, 0.6) is 5.88 Å². The Morgan fingerprint density at radius 1 is 0.938 bits per heavy atom. The van der Waals surface area contributed by atoms with E-state index in [1.54, 1.807) is 24.9 Å². The lowest BCUT2D eigenvalue weighted by molar-refractivity contribution is -0.137. The zero-order chi connectivity index (χ0) is 45.7. The molecule has 2 N–H and O–H groups in total. The van der Waals surface area contributed by atoms with Gasteiger partial charge in [0, 0.05) is 88.3 Å². The van der Waals surface area contributed by atoms with E-state index in [-0.39, 0.29) is 65.5 Å². The number of ether oxygens (including phenoxy) is 1. The number of rotatable bonds is 6. The van der Waals surface area contributed by atoms with E-state index in [1.165, 1.54) is 22.9 Å². The largest absolute Gasteiger partial charge is 0.477 e. The van der Waals surface area contributed by atoms with Crippen molar-refractivity contribution in [1.82, 2.24) is 29.9 Å². The van der Waals surface area contributed by atoms with Crippen LogP contribution in [0.1, 0.15) is 84.2 Å². The molecule has 0 aliphatic carbocycles. The zero-order valence-electron chi connectivity index (χ0n) is 36.4. The van der Waals surface area contributed by atoms with Crippen LogP contribution < -0.4 is 25.2 Å². The second kappa shape index (κ2) is 17.9. The molecule has 0 unspecified atom stereocenters. The first-order chi connectivity index (χ1) is 31.2. The first kappa shape index (κ1) is 43.9. The summed E-state index contributed by atoms with van der Waals surface area (Å²) in [6, 6.07) is 11.5. The summed E-state index contributed by atoms with van der Waals surface area (Å²) in [7, 11) is 1.54. The SMILES string of the molecule is Cc1cc2cc(n1)-c1c(C(F)F)nn(C)c1OCCC[C@@H](C)CN1/C(=N/C2=O)Nc2ccc(CN3CCN(C(=O)[C@@H]4CCN(c5cc(F)c([C@H]6CCC(=O)NC6=O)c(F)c5)C4)CC3)cc21. The number of anilines is 3. The summed E-state index contributed by atoms with van der Waals surface area (Å²) >= 11 is 0. The van der Waals surface area contributed by atoms with E-state index >= 15 is 8.78 Å². The molecule has 2 aromatic carbocycles. The fourth-order valence-corrected chi connectivity index (χ4v) is 9.65. The molecule has 19 heteroatoms. The number of amides is 4. The molecular formula is C46H50F4N10O5. The summed E-state index contributed by atoms with van der Waals surface area (Å²) < 4.78 is 66.5. The fraction of sp³-hybridized carbons (Fsp3) is 0.457. The number of imide groups is 1. The minimum absolute atomic E-state index is 0.00736. The maximum absolute atomic E-state index is 15.3. The highest BCUT2D eigenvalue weighted by molar-refractivity contribution is 6.19. The summed E-state index contributed by atoms with van der Waals surface area (Å²) in [4.78, 5) is 68.5. The van der Waals surface area contributed by atoms with Crippen LogP contribution >= 0.6 is 0 Å².